The number of nitrogens with zero attached hydrogens (tertiary/aromatic N) is 4. The van der Waals surface area contributed by atoms with E-state index >= 15 is 0 Å². The van der Waals surface area contributed by atoms with Crippen LogP contribution >= 0.6 is 0 Å². The second kappa shape index (κ2) is 5.72. The highest BCUT2D eigenvalue weighted by molar-refractivity contribution is 5.19. The van der Waals surface area contributed by atoms with E-state index in [9.17, 15) is 0 Å². The summed E-state index contributed by atoms with van der Waals surface area (Å²) in [4.78, 5) is 0. The number of anilines is 1. The molecule has 0 spiro atoms. The minimum absolute atomic E-state index is 0.0690. The van der Waals surface area contributed by atoms with Crippen molar-refractivity contribution in [2.45, 2.75) is 37.7 Å². The molecule has 0 amide bonds. The van der Waals surface area contributed by atoms with E-state index in [4.69, 9.17) is 9.15 Å². The van der Waals surface area contributed by atoms with Gasteiger partial charge in [0.15, 0.2) is 0 Å². The quantitative estimate of drug-likeness (QED) is 0.913. The van der Waals surface area contributed by atoms with Crippen LogP contribution in [-0.4, -0.2) is 33.1 Å². The first-order valence-corrected chi connectivity index (χ1v) is 7.98. The van der Waals surface area contributed by atoms with Crippen molar-refractivity contribution < 1.29 is 9.15 Å². The minimum atomic E-state index is 0.0690. The molecular weight excluding hydrogens is 282 g/mol. The first-order chi connectivity index (χ1) is 10.8. The summed E-state index contributed by atoms with van der Waals surface area (Å²) in [5, 5.41) is 15.7. The summed E-state index contributed by atoms with van der Waals surface area (Å²) in [6.07, 6.45) is 6.42. The molecule has 0 aromatic carbocycles. The molecule has 1 aliphatic heterocycles. The smallest absolute Gasteiger partial charge is 0.315 e. The van der Waals surface area contributed by atoms with Crippen molar-refractivity contribution in [3.63, 3.8) is 0 Å². The minimum Gasteiger partial charge on any atom is -0.408 e. The second-order valence-corrected chi connectivity index (χ2v) is 6.17. The van der Waals surface area contributed by atoms with Crippen LogP contribution in [-0.2, 0) is 11.8 Å². The maximum absolute atomic E-state index is 5.99. The number of nitrogens with one attached hydrogen (secondary N) is 1. The van der Waals surface area contributed by atoms with Gasteiger partial charge in [0.05, 0.1) is 5.69 Å². The maximum atomic E-state index is 5.99. The van der Waals surface area contributed by atoms with Gasteiger partial charge in [0.2, 0.25) is 5.89 Å². The van der Waals surface area contributed by atoms with Gasteiger partial charge in [-0.05, 0) is 31.7 Å². The molecule has 2 atom stereocenters. The van der Waals surface area contributed by atoms with Crippen LogP contribution in [0.25, 0.3) is 0 Å². The number of ether oxygens (including phenoxy) is 1. The average Bonchev–Trinajstić information content (AvgIpc) is 3.13. The van der Waals surface area contributed by atoms with Crippen LogP contribution in [0.3, 0.4) is 0 Å². The predicted molar refractivity (Wildman–Crippen MR) is 79.4 cm³/mol. The molecule has 0 bridgehead atoms. The van der Waals surface area contributed by atoms with Crippen LogP contribution in [0, 0.1) is 5.92 Å². The molecular formula is C15H21N5O2. The highest BCUT2D eigenvalue weighted by atomic mass is 16.5. The summed E-state index contributed by atoms with van der Waals surface area (Å²) in [5.41, 5.74) is 1.12. The van der Waals surface area contributed by atoms with Crippen molar-refractivity contribution in [3.8, 4) is 0 Å². The molecule has 0 unspecified atom stereocenters. The third-order valence-electron chi connectivity index (χ3n) is 4.48. The molecule has 2 aromatic heterocycles. The molecule has 1 saturated carbocycles. The zero-order valence-corrected chi connectivity index (χ0v) is 12.7. The van der Waals surface area contributed by atoms with Gasteiger partial charge in [-0.1, -0.05) is 5.10 Å². The first-order valence-electron chi connectivity index (χ1n) is 7.98. The van der Waals surface area contributed by atoms with Crippen molar-refractivity contribution in [1.82, 2.24) is 20.0 Å². The molecule has 3 heterocycles. The molecule has 4 rings (SSSR count). The van der Waals surface area contributed by atoms with Gasteiger partial charge < -0.3 is 14.5 Å². The molecule has 7 nitrogen and oxygen atoms in total. The normalized spacial score (nSPS) is 25.3. The van der Waals surface area contributed by atoms with Gasteiger partial charge in [-0.15, -0.1) is 5.10 Å². The van der Waals surface area contributed by atoms with Gasteiger partial charge in [0.25, 0.3) is 0 Å². The topological polar surface area (TPSA) is 78.0 Å². The Bertz CT molecular complexity index is 633. The van der Waals surface area contributed by atoms with E-state index in [1.165, 1.54) is 12.8 Å². The summed E-state index contributed by atoms with van der Waals surface area (Å²) in [7, 11) is 1.96. The monoisotopic (exact) mass is 303 g/mol. The van der Waals surface area contributed by atoms with Crippen LogP contribution in [0.4, 0.5) is 6.01 Å². The molecule has 1 aliphatic carbocycles. The molecule has 2 aliphatic rings. The lowest BCUT2D eigenvalue weighted by Crippen LogP contribution is -2.29. The van der Waals surface area contributed by atoms with E-state index < -0.39 is 0 Å². The van der Waals surface area contributed by atoms with E-state index in [1.807, 2.05) is 24.0 Å². The van der Waals surface area contributed by atoms with Gasteiger partial charge in [0.1, 0.15) is 6.10 Å². The fraction of sp³-hybridized carbons (Fsp3) is 0.667. The highest BCUT2D eigenvalue weighted by Gasteiger charge is 2.31. The molecule has 118 valence electrons. The lowest BCUT2D eigenvalue weighted by atomic mass is 9.92. The van der Waals surface area contributed by atoms with Crippen molar-refractivity contribution >= 4 is 6.01 Å². The van der Waals surface area contributed by atoms with Crippen molar-refractivity contribution in [1.29, 1.82) is 0 Å². The molecule has 7 heteroatoms. The molecule has 2 aromatic rings. The van der Waals surface area contributed by atoms with Crippen molar-refractivity contribution in [2.75, 3.05) is 18.5 Å². The summed E-state index contributed by atoms with van der Waals surface area (Å²) >= 11 is 0. The third kappa shape index (κ3) is 2.72. The average molecular weight is 303 g/mol. The predicted octanol–water partition coefficient (Wildman–Crippen LogP) is 2.26. The van der Waals surface area contributed by atoms with Crippen LogP contribution in [0.1, 0.15) is 49.3 Å². The number of hydrogen-bond acceptors (Lipinski definition) is 6. The van der Waals surface area contributed by atoms with E-state index in [0.29, 0.717) is 17.9 Å². The Balaban J connectivity index is 1.42. The standard InChI is InChI=1S/C15H21N5O2/c1-20-12(6-7-17-20)13-11(3-2-8-21-13)9-16-15-19-18-14(22-15)10-4-5-10/h6-7,10-11,13H,2-5,8-9H2,1H3,(H,16,19)/t11-,13+/m0/s1. The van der Waals surface area contributed by atoms with Gasteiger partial charge in [-0.2, -0.15) is 5.10 Å². The Hall–Kier alpha value is -1.89. The summed E-state index contributed by atoms with van der Waals surface area (Å²) in [5.74, 6) is 1.63. The molecule has 0 radical (unpaired) electrons. The van der Waals surface area contributed by atoms with E-state index in [2.05, 4.69) is 20.6 Å². The maximum Gasteiger partial charge on any atom is 0.315 e. The van der Waals surface area contributed by atoms with Gasteiger partial charge in [-0.25, -0.2) is 0 Å². The van der Waals surface area contributed by atoms with Crippen LogP contribution in [0.15, 0.2) is 16.7 Å². The molecule has 22 heavy (non-hydrogen) atoms. The van der Waals surface area contributed by atoms with E-state index in [0.717, 1.165) is 37.6 Å². The Kier molecular flexibility index (Phi) is 3.57. The zero-order valence-electron chi connectivity index (χ0n) is 12.7. The Morgan fingerprint density at radius 3 is 3.00 bits per heavy atom. The first kappa shape index (κ1) is 13.8. The molecule has 1 saturated heterocycles. The van der Waals surface area contributed by atoms with Crippen LogP contribution < -0.4 is 5.32 Å². The fourth-order valence-electron chi connectivity index (χ4n) is 3.06. The third-order valence-corrected chi connectivity index (χ3v) is 4.48. The lowest BCUT2D eigenvalue weighted by molar-refractivity contribution is -0.0285. The summed E-state index contributed by atoms with van der Waals surface area (Å²) in [6, 6.07) is 2.55. The summed E-state index contributed by atoms with van der Waals surface area (Å²) in [6.45, 7) is 1.57. The SMILES string of the molecule is Cn1nccc1[C@@H]1OCCC[C@H]1CNc1nnc(C2CC2)o1. The summed E-state index contributed by atoms with van der Waals surface area (Å²) < 4.78 is 13.5. The number of aryl methyl sites for hydroxylation is 1. The Labute approximate surface area is 129 Å². The van der Waals surface area contributed by atoms with E-state index in [-0.39, 0.29) is 6.10 Å². The number of hydrogen-bond donors (Lipinski definition) is 1. The van der Waals surface area contributed by atoms with E-state index in [1.54, 1.807) is 0 Å². The number of rotatable bonds is 5. The molecule has 2 fully saturated rings. The van der Waals surface area contributed by atoms with Gasteiger partial charge in [0, 0.05) is 38.2 Å². The van der Waals surface area contributed by atoms with Crippen molar-refractivity contribution in [3.05, 3.63) is 23.8 Å². The Morgan fingerprint density at radius 1 is 1.32 bits per heavy atom. The number of aromatic nitrogens is 4. The molecule has 1 N–H and O–H groups in total. The lowest BCUT2D eigenvalue weighted by Gasteiger charge is -2.31. The van der Waals surface area contributed by atoms with Gasteiger partial charge >= 0.3 is 6.01 Å². The van der Waals surface area contributed by atoms with Crippen LogP contribution in [0.2, 0.25) is 0 Å². The van der Waals surface area contributed by atoms with Crippen LogP contribution in [0.5, 0.6) is 0 Å². The van der Waals surface area contributed by atoms with Crippen molar-refractivity contribution in [2.24, 2.45) is 13.0 Å². The fourth-order valence-corrected chi connectivity index (χ4v) is 3.06. The van der Waals surface area contributed by atoms with Gasteiger partial charge in [-0.3, -0.25) is 4.68 Å². The second-order valence-electron chi connectivity index (χ2n) is 6.17. The largest absolute Gasteiger partial charge is 0.408 e. The highest BCUT2D eigenvalue weighted by Crippen LogP contribution is 2.39. The Morgan fingerprint density at radius 2 is 2.23 bits per heavy atom. The zero-order chi connectivity index (χ0) is 14.9.